The van der Waals surface area contributed by atoms with Crippen LogP contribution in [0.2, 0.25) is 0 Å². The van der Waals surface area contributed by atoms with Crippen LogP contribution >= 0.6 is 23.5 Å². The maximum Gasteiger partial charge on any atom is 0.170 e. The summed E-state index contributed by atoms with van der Waals surface area (Å²) in [6, 6.07) is 17.5. The predicted octanol–water partition coefficient (Wildman–Crippen LogP) is 4.09. The molecule has 0 saturated carbocycles. The Morgan fingerprint density at radius 2 is 0.963 bits per heavy atom. The number of ketones is 4. The Labute approximate surface area is 167 Å². The van der Waals surface area contributed by atoms with Crippen LogP contribution in [-0.4, -0.2) is 39.7 Å². The minimum absolute atomic E-state index is 0.105. The minimum atomic E-state index is -0.177. The van der Waals surface area contributed by atoms with Gasteiger partial charge in [0.05, 0.1) is 24.3 Å². The van der Waals surface area contributed by atoms with Crippen molar-refractivity contribution in [1.82, 2.24) is 0 Å². The Morgan fingerprint density at radius 1 is 0.593 bits per heavy atom. The molecule has 0 radical (unpaired) electrons. The van der Waals surface area contributed by atoms with Crippen LogP contribution < -0.4 is 0 Å². The lowest BCUT2D eigenvalue weighted by Gasteiger charge is -2.03. The fourth-order valence-electron chi connectivity index (χ4n) is 2.28. The topological polar surface area (TPSA) is 68.3 Å². The molecule has 2 aromatic rings. The number of thioether (sulfide) groups is 2. The molecule has 0 aliphatic rings. The molecule has 2 aromatic carbocycles. The van der Waals surface area contributed by atoms with Crippen LogP contribution in [0.5, 0.6) is 0 Å². The summed E-state index contributed by atoms with van der Waals surface area (Å²) < 4.78 is 0. The monoisotopic (exact) mass is 400 g/mol. The lowest BCUT2D eigenvalue weighted by molar-refractivity contribution is -0.116. The number of hydrogen-bond acceptors (Lipinski definition) is 6. The van der Waals surface area contributed by atoms with Gasteiger partial charge in [-0.3, -0.25) is 19.2 Å². The number of benzene rings is 2. The van der Waals surface area contributed by atoms with Crippen LogP contribution in [0.25, 0.3) is 0 Å². The molecule has 0 saturated heterocycles. The Balaban J connectivity index is 1.58. The first-order valence-corrected chi connectivity index (χ1v) is 10.7. The molecular formula is C21H20O4S2. The van der Waals surface area contributed by atoms with Gasteiger partial charge in [0.2, 0.25) is 0 Å². The summed E-state index contributed by atoms with van der Waals surface area (Å²) in [6.45, 7) is 0. The maximum atomic E-state index is 11.9. The Morgan fingerprint density at radius 3 is 1.33 bits per heavy atom. The van der Waals surface area contributed by atoms with E-state index in [9.17, 15) is 19.2 Å². The van der Waals surface area contributed by atoms with Crippen molar-refractivity contribution in [2.75, 3.05) is 16.6 Å². The third kappa shape index (κ3) is 7.93. The lowest BCUT2D eigenvalue weighted by atomic mass is 10.1. The summed E-state index contributed by atoms with van der Waals surface area (Å²) in [4.78, 5) is 47.6. The molecule has 0 aromatic heterocycles. The minimum Gasteiger partial charge on any atom is -0.298 e. The van der Waals surface area contributed by atoms with Gasteiger partial charge in [-0.15, -0.1) is 23.5 Å². The fourth-order valence-corrected chi connectivity index (χ4v) is 4.08. The van der Waals surface area contributed by atoms with Crippen molar-refractivity contribution < 1.29 is 19.2 Å². The van der Waals surface area contributed by atoms with Gasteiger partial charge in [-0.1, -0.05) is 60.7 Å². The van der Waals surface area contributed by atoms with Crippen LogP contribution in [0.15, 0.2) is 60.7 Å². The molecule has 140 valence electrons. The summed E-state index contributed by atoms with van der Waals surface area (Å²) in [5, 5.41) is 0.566. The van der Waals surface area contributed by atoms with Crippen molar-refractivity contribution in [1.29, 1.82) is 0 Å². The molecule has 4 nitrogen and oxygen atoms in total. The summed E-state index contributed by atoms with van der Waals surface area (Å²) in [7, 11) is 0. The zero-order valence-corrected chi connectivity index (χ0v) is 16.4. The van der Waals surface area contributed by atoms with E-state index in [1.54, 1.807) is 48.5 Å². The third-order valence-electron chi connectivity index (χ3n) is 3.60. The summed E-state index contributed by atoms with van der Waals surface area (Å²) in [5.41, 5.74) is 1.08. The third-order valence-corrected chi connectivity index (χ3v) is 5.99. The van der Waals surface area contributed by atoms with Gasteiger partial charge in [-0.25, -0.2) is 0 Å². The van der Waals surface area contributed by atoms with Gasteiger partial charge in [-0.2, -0.15) is 0 Å². The van der Waals surface area contributed by atoms with Gasteiger partial charge in [0.15, 0.2) is 11.6 Å². The number of Topliss-reactive ketones (excluding diaryl/α,β-unsaturated/α-hetero) is 4. The number of carbonyl (C=O) groups is 4. The maximum absolute atomic E-state index is 11.9. The molecule has 27 heavy (non-hydrogen) atoms. The zero-order chi connectivity index (χ0) is 19.5. The van der Waals surface area contributed by atoms with E-state index < -0.39 is 0 Å². The van der Waals surface area contributed by atoms with Crippen molar-refractivity contribution in [2.45, 2.75) is 12.8 Å². The highest BCUT2D eigenvalue weighted by Crippen LogP contribution is 2.15. The molecular weight excluding hydrogens is 380 g/mol. The molecule has 0 spiro atoms. The molecule has 0 atom stereocenters. The predicted molar refractivity (Wildman–Crippen MR) is 111 cm³/mol. The van der Waals surface area contributed by atoms with E-state index in [1.807, 2.05) is 12.1 Å². The van der Waals surface area contributed by atoms with Crippen LogP contribution in [0, 0.1) is 0 Å². The second kappa shape index (κ2) is 11.5. The molecule has 0 amide bonds. The van der Waals surface area contributed by atoms with Crippen LogP contribution in [0.4, 0.5) is 0 Å². The fraction of sp³-hybridized carbons (Fsp3) is 0.238. The average Bonchev–Trinajstić information content (AvgIpc) is 2.69. The highest BCUT2D eigenvalue weighted by Gasteiger charge is 2.13. The van der Waals surface area contributed by atoms with E-state index >= 15 is 0 Å². The van der Waals surface area contributed by atoms with Gasteiger partial charge < -0.3 is 0 Å². The Hall–Kier alpha value is -2.18. The van der Waals surface area contributed by atoms with Gasteiger partial charge in [-0.05, 0) is 0 Å². The van der Waals surface area contributed by atoms with E-state index in [-0.39, 0.29) is 47.5 Å². The van der Waals surface area contributed by atoms with E-state index in [0.717, 1.165) is 0 Å². The molecule has 0 unspecified atom stereocenters. The van der Waals surface area contributed by atoms with E-state index in [4.69, 9.17) is 0 Å². The summed E-state index contributed by atoms with van der Waals surface area (Å²) >= 11 is 2.76. The quantitative estimate of drug-likeness (QED) is 0.231. The van der Waals surface area contributed by atoms with Crippen molar-refractivity contribution in [3.8, 4) is 0 Å². The second-order valence-corrected chi connectivity index (χ2v) is 8.16. The molecule has 0 N–H and O–H groups in total. The van der Waals surface area contributed by atoms with E-state index in [0.29, 0.717) is 16.2 Å². The first-order valence-electron chi connectivity index (χ1n) is 8.41. The van der Waals surface area contributed by atoms with Crippen molar-refractivity contribution >= 4 is 46.7 Å². The van der Waals surface area contributed by atoms with E-state index in [1.165, 1.54) is 23.5 Å². The Bertz CT molecular complexity index is 721. The van der Waals surface area contributed by atoms with E-state index in [2.05, 4.69) is 0 Å². The lowest BCUT2D eigenvalue weighted by Crippen LogP contribution is -2.11. The first-order chi connectivity index (χ1) is 13.1. The summed E-state index contributed by atoms with van der Waals surface area (Å²) in [6.07, 6.45) is -0.210. The van der Waals surface area contributed by atoms with Crippen molar-refractivity contribution in [2.24, 2.45) is 0 Å². The number of rotatable bonds is 12. The normalized spacial score (nSPS) is 10.4. The highest BCUT2D eigenvalue weighted by molar-refractivity contribution is 8.16. The molecule has 0 aliphatic heterocycles. The van der Waals surface area contributed by atoms with Crippen LogP contribution in [0.1, 0.15) is 33.6 Å². The second-order valence-electron chi connectivity index (χ2n) is 5.82. The molecule has 0 bridgehead atoms. The largest absolute Gasteiger partial charge is 0.298 e. The van der Waals surface area contributed by atoms with Gasteiger partial charge in [0, 0.05) is 16.2 Å². The van der Waals surface area contributed by atoms with Gasteiger partial charge in [0.25, 0.3) is 0 Å². The zero-order valence-electron chi connectivity index (χ0n) is 14.8. The molecule has 6 heteroatoms. The molecule has 2 rings (SSSR count). The number of carbonyl (C=O) groups excluding carboxylic acids is 4. The standard InChI is InChI=1S/C21H20O4S2/c22-18(11-20(24)16-7-3-1-4-8-16)13-26-15-27-14-19(23)12-21(25)17-9-5-2-6-10-17/h1-10H,11-15H2. The highest BCUT2D eigenvalue weighted by atomic mass is 32.2. The molecule has 0 heterocycles. The van der Waals surface area contributed by atoms with Crippen LogP contribution in [-0.2, 0) is 9.59 Å². The van der Waals surface area contributed by atoms with Crippen molar-refractivity contribution in [3.63, 3.8) is 0 Å². The smallest absolute Gasteiger partial charge is 0.170 e. The summed E-state index contributed by atoms with van der Waals surface area (Å²) in [5.74, 6) is -0.127. The van der Waals surface area contributed by atoms with Crippen molar-refractivity contribution in [3.05, 3.63) is 71.8 Å². The first kappa shape index (κ1) is 21.1. The SMILES string of the molecule is O=C(CSCSCC(=O)CC(=O)c1ccccc1)CC(=O)c1ccccc1. The average molecular weight is 401 g/mol. The molecule has 0 aliphatic carbocycles. The Kier molecular flexibility index (Phi) is 9.01. The van der Waals surface area contributed by atoms with Gasteiger partial charge >= 0.3 is 0 Å². The molecule has 0 fully saturated rings. The van der Waals surface area contributed by atoms with Crippen LogP contribution in [0.3, 0.4) is 0 Å². The van der Waals surface area contributed by atoms with Gasteiger partial charge in [0.1, 0.15) is 11.6 Å². The number of hydrogen-bond donors (Lipinski definition) is 0.